The maximum Gasteiger partial charge on any atom is 0.238 e. The summed E-state index contributed by atoms with van der Waals surface area (Å²) in [7, 11) is 1.69. The lowest BCUT2D eigenvalue weighted by molar-refractivity contribution is -0.117. The van der Waals surface area contributed by atoms with E-state index in [-0.39, 0.29) is 24.0 Å². The molecule has 0 bridgehead atoms. The van der Waals surface area contributed by atoms with E-state index in [1.54, 1.807) is 50.9 Å². The molecular weight excluding hydrogens is 401 g/mol. The molecule has 6 nitrogen and oxygen atoms in total. The number of nitrogens with one attached hydrogen (secondary N) is 2. The summed E-state index contributed by atoms with van der Waals surface area (Å²) in [5.41, 5.74) is 2.76. The van der Waals surface area contributed by atoms with Gasteiger partial charge in [-0.2, -0.15) is 0 Å². The molecule has 28 heavy (non-hydrogen) atoms. The molecule has 0 saturated carbocycles. The minimum atomic E-state index is -0.559. The molecule has 2 aromatic rings. The van der Waals surface area contributed by atoms with E-state index in [1.807, 2.05) is 0 Å². The van der Waals surface area contributed by atoms with Crippen LogP contribution in [0.1, 0.15) is 46.0 Å². The molecule has 8 heteroatoms. The van der Waals surface area contributed by atoms with E-state index < -0.39 is 6.04 Å². The number of aromatic nitrogens is 1. The number of hydrogen-bond acceptors (Lipinski definition) is 4. The van der Waals surface area contributed by atoms with Gasteiger partial charge in [0.15, 0.2) is 11.6 Å². The Hall–Kier alpha value is -2.15. The smallest absolute Gasteiger partial charge is 0.238 e. The van der Waals surface area contributed by atoms with Crippen LogP contribution in [0.5, 0.6) is 0 Å². The summed E-state index contributed by atoms with van der Waals surface area (Å²) < 4.78 is 0. The predicted octanol–water partition coefficient (Wildman–Crippen LogP) is 4.28. The molecule has 0 aliphatic rings. The van der Waals surface area contributed by atoms with Crippen molar-refractivity contribution in [3.8, 4) is 0 Å². The van der Waals surface area contributed by atoms with Gasteiger partial charge in [0.2, 0.25) is 5.91 Å². The lowest BCUT2D eigenvalue weighted by Gasteiger charge is -2.23. The van der Waals surface area contributed by atoms with Crippen LogP contribution in [0.15, 0.2) is 18.2 Å². The molecule has 150 valence electrons. The molecule has 0 fully saturated rings. The molecule has 0 radical (unpaired) electrons. The quantitative estimate of drug-likeness (QED) is 0.650. The van der Waals surface area contributed by atoms with Gasteiger partial charge in [-0.15, -0.1) is 0 Å². The number of aromatic amines is 1. The van der Waals surface area contributed by atoms with Crippen molar-refractivity contribution < 1.29 is 14.4 Å². The first-order chi connectivity index (χ1) is 13.0. The van der Waals surface area contributed by atoms with E-state index in [0.29, 0.717) is 38.2 Å². The van der Waals surface area contributed by atoms with Crippen molar-refractivity contribution in [2.75, 3.05) is 18.9 Å². The first kappa shape index (κ1) is 22.1. The number of benzene rings is 1. The van der Waals surface area contributed by atoms with E-state index in [0.717, 1.165) is 0 Å². The predicted molar refractivity (Wildman–Crippen MR) is 112 cm³/mol. The summed E-state index contributed by atoms with van der Waals surface area (Å²) in [6, 6.07) is 4.24. The molecule has 1 aromatic heterocycles. The minimum absolute atomic E-state index is 0.00541. The van der Waals surface area contributed by atoms with Gasteiger partial charge in [0.25, 0.3) is 0 Å². The van der Waals surface area contributed by atoms with Gasteiger partial charge in [-0.1, -0.05) is 23.2 Å². The van der Waals surface area contributed by atoms with Crippen LogP contribution in [-0.2, 0) is 4.79 Å². The van der Waals surface area contributed by atoms with Crippen molar-refractivity contribution in [2.45, 2.75) is 33.7 Å². The highest BCUT2D eigenvalue weighted by Gasteiger charge is 2.26. The van der Waals surface area contributed by atoms with Crippen molar-refractivity contribution in [1.29, 1.82) is 0 Å². The number of carbonyl (C=O) groups excluding carboxylic acids is 3. The maximum atomic E-state index is 12.9. The van der Waals surface area contributed by atoms with Crippen LogP contribution in [0.3, 0.4) is 0 Å². The van der Waals surface area contributed by atoms with Gasteiger partial charge in [-0.05, 0) is 58.5 Å². The number of rotatable bonds is 7. The van der Waals surface area contributed by atoms with Crippen molar-refractivity contribution in [3.63, 3.8) is 0 Å². The number of anilines is 1. The summed E-state index contributed by atoms with van der Waals surface area (Å²) >= 11 is 11.8. The van der Waals surface area contributed by atoms with E-state index >= 15 is 0 Å². The number of H-pyrrole nitrogens is 1. The summed E-state index contributed by atoms with van der Waals surface area (Å²) in [5, 5.41) is 3.47. The molecule has 2 N–H and O–H groups in total. The van der Waals surface area contributed by atoms with Crippen molar-refractivity contribution in [1.82, 2.24) is 9.88 Å². The number of ketones is 2. The fourth-order valence-corrected chi connectivity index (χ4v) is 3.37. The third-order valence-electron chi connectivity index (χ3n) is 4.67. The highest BCUT2D eigenvalue weighted by atomic mass is 35.5. The highest BCUT2D eigenvalue weighted by molar-refractivity contribution is 6.42. The SMILES string of the molecule is CC(=O)c1c(C)[nH]c(C(=O)C(C)N(C)CC(=O)Nc2ccc(Cl)c(Cl)c2)c1C. The second-order valence-electron chi connectivity index (χ2n) is 6.81. The first-order valence-electron chi connectivity index (χ1n) is 8.72. The Labute approximate surface area is 174 Å². The molecule has 0 spiro atoms. The fourth-order valence-electron chi connectivity index (χ4n) is 3.07. The van der Waals surface area contributed by atoms with Crippen molar-refractivity contribution in [3.05, 3.63) is 50.8 Å². The zero-order chi connectivity index (χ0) is 21.2. The van der Waals surface area contributed by atoms with Gasteiger partial charge in [0.1, 0.15) is 0 Å². The monoisotopic (exact) mass is 423 g/mol. The van der Waals surface area contributed by atoms with Gasteiger partial charge in [-0.25, -0.2) is 0 Å². The standard InChI is InChI=1S/C20H23Cl2N3O3/c1-10-18(13(4)26)11(2)23-19(10)20(28)12(3)25(5)9-17(27)24-14-6-7-15(21)16(22)8-14/h6-8,12,23H,9H2,1-5H3,(H,24,27). The van der Waals surface area contributed by atoms with Crippen LogP contribution >= 0.6 is 23.2 Å². The Kier molecular flexibility index (Phi) is 7.04. The third kappa shape index (κ3) is 4.82. The number of nitrogens with zero attached hydrogens (tertiary/aromatic N) is 1. The number of likely N-dealkylation sites (N-methyl/N-ethyl adjacent to an activating group) is 1. The van der Waals surface area contributed by atoms with E-state index in [2.05, 4.69) is 10.3 Å². The first-order valence-corrected chi connectivity index (χ1v) is 9.48. The molecule has 1 heterocycles. The minimum Gasteiger partial charge on any atom is -0.355 e. The number of carbonyl (C=O) groups is 3. The third-order valence-corrected chi connectivity index (χ3v) is 5.41. The van der Waals surface area contributed by atoms with Crippen LogP contribution < -0.4 is 5.32 Å². The van der Waals surface area contributed by atoms with Crippen molar-refractivity contribution >= 4 is 46.4 Å². The molecule has 1 amide bonds. The number of Topliss-reactive ketones (excluding diaryl/α,β-unsaturated/α-hetero) is 2. The highest BCUT2D eigenvalue weighted by Crippen LogP contribution is 2.25. The van der Waals surface area contributed by atoms with Crippen LogP contribution in [0.4, 0.5) is 5.69 Å². The van der Waals surface area contributed by atoms with E-state index in [1.165, 1.54) is 6.92 Å². The second kappa shape index (κ2) is 8.90. The van der Waals surface area contributed by atoms with Gasteiger partial charge >= 0.3 is 0 Å². The fraction of sp³-hybridized carbons (Fsp3) is 0.350. The van der Waals surface area contributed by atoms with E-state index in [9.17, 15) is 14.4 Å². The number of hydrogen-bond donors (Lipinski definition) is 2. The van der Waals surface area contributed by atoms with Crippen LogP contribution in [0.2, 0.25) is 10.0 Å². The molecule has 1 aromatic carbocycles. The van der Waals surface area contributed by atoms with Crippen molar-refractivity contribution in [2.24, 2.45) is 0 Å². The maximum absolute atomic E-state index is 12.9. The number of amides is 1. The Morgan fingerprint density at radius 2 is 1.82 bits per heavy atom. The number of halogens is 2. The summed E-state index contributed by atoms with van der Waals surface area (Å²) in [5.74, 6) is -0.561. The second-order valence-corrected chi connectivity index (χ2v) is 7.63. The zero-order valence-corrected chi connectivity index (χ0v) is 18.0. The molecule has 2 rings (SSSR count). The topological polar surface area (TPSA) is 82.3 Å². The Morgan fingerprint density at radius 3 is 2.36 bits per heavy atom. The van der Waals surface area contributed by atoms with Gasteiger partial charge < -0.3 is 10.3 Å². The largest absolute Gasteiger partial charge is 0.355 e. The zero-order valence-electron chi connectivity index (χ0n) is 16.4. The average Bonchev–Trinajstić information content (AvgIpc) is 2.91. The Morgan fingerprint density at radius 1 is 1.18 bits per heavy atom. The Bertz CT molecular complexity index is 937. The summed E-state index contributed by atoms with van der Waals surface area (Å²) in [6.07, 6.45) is 0. The van der Waals surface area contributed by atoms with Crippen LogP contribution in [0, 0.1) is 13.8 Å². The summed E-state index contributed by atoms with van der Waals surface area (Å²) in [4.78, 5) is 41.6. The number of aryl methyl sites for hydroxylation is 1. The molecule has 1 atom stereocenters. The molecule has 0 aliphatic carbocycles. The van der Waals surface area contributed by atoms with Gasteiger partial charge in [0, 0.05) is 16.9 Å². The molecule has 1 unspecified atom stereocenters. The van der Waals surface area contributed by atoms with Gasteiger partial charge in [0.05, 0.1) is 28.3 Å². The van der Waals surface area contributed by atoms with E-state index in [4.69, 9.17) is 23.2 Å². The normalized spacial score (nSPS) is 12.1. The van der Waals surface area contributed by atoms with Crippen LogP contribution in [0.25, 0.3) is 0 Å². The van der Waals surface area contributed by atoms with Crippen LogP contribution in [-0.4, -0.2) is 47.0 Å². The lowest BCUT2D eigenvalue weighted by Crippen LogP contribution is -2.41. The summed E-state index contributed by atoms with van der Waals surface area (Å²) in [6.45, 7) is 6.71. The molecule has 0 saturated heterocycles. The molecule has 0 aliphatic heterocycles. The average molecular weight is 424 g/mol. The van der Waals surface area contributed by atoms with Gasteiger partial charge in [-0.3, -0.25) is 19.3 Å². The Balaban J connectivity index is 2.07. The lowest BCUT2D eigenvalue weighted by atomic mass is 10.0. The molecular formula is C20H23Cl2N3O3.